The van der Waals surface area contributed by atoms with Crippen molar-refractivity contribution >= 4 is 5.97 Å². The summed E-state index contributed by atoms with van der Waals surface area (Å²) in [4.78, 5) is 14.0. The van der Waals surface area contributed by atoms with Gasteiger partial charge in [-0.05, 0) is 129 Å². The summed E-state index contributed by atoms with van der Waals surface area (Å²) in [6.07, 6.45) is 19.6. The highest BCUT2D eigenvalue weighted by Crippen LogP contribution is 2.70. The summed E-state index contributed by atoms with van der Waals surface area (Å²) in [5.41, 5.74) is 3.18. The van der Waals surface area contributed by atoms with E-state index in [-0.39, 0.29) is 22.9 Å². The molecule has 0 amide bonds. The second kappa shape index (κ2) is 13.7. The van der Waals surface area contributed by atoms with Crippen LogP contribution in [-0.2, 0) is 9.53 Å². The van der Waals surface area contributed by atoms with Gasteiger partial charge in [-0.2, -0.15) is 0 Å². The number of aliphatic hydroxyl groups excluding tert-OH is 2. The number of fused-ring (bicyclic) bond motifs is 7. The van der Waals surface area contributed by atoms with Gasteiger partial charge in [0.2, 0.25) is 0 Å². The number of carbonyl (C=O) groups is 1. The lowest BCUT2D eigenvalue weighted by Gasteiger charge is -2.66. The summed E-state index contributed by atoms with van der Waals surface area (Å²) < 4.78 is 6.13. The van der Waals surface area contributed by atoms with Gasteiger partial charge >= 0.3 is 5.97 Å². The van der Waals surface area contributed by atoms with Crippen LogP contribution in [0.5, 0.6) is 0 Å². The van der Waals surface area contributed by atoms with Crippen LogP contribution in [-0.4, -0.2) is 36.0 Å². The van der Waals surface area contributed by atoms with Crippen LogP contribution >= 0.6 is 0 Å². The van der Waals surface area contributed by atoms with Crippen molar-refractivity contribution < 1.29 is 19.7 Å². The lowest BCUT2D eigenvalue weighted by Crippen LogP contribution is -2.60. The van der Waals surface area contributed by atoms with Gasteiger partial charge < -0.3 is 14.9 Å². The average Bonchev–Trinajstić information content (AvgIpc) is 2.98. The van der Waals surface area contributed by atoms with Crippen molar-refractivity contribution in [2.45, 2.75) is 133 Å². The van der Waals surface area contributed by atoms with E-state index >= 15 is 0 Å². The lowest BCUT2D eigenvalue weighted by atomic mass is 9.38. The van der Waals surface area contributed by atoms with E-state index in [9.17, 15) is 9.90 Å². The monoisotopic (exact) mass is 584 g/mol. The Hall–Kier alpha value is -1.39. The maximum Gasteiger partial charge on any atom is 0.313 e. The molecule has 0 saturated heterocycles. The molecule has 2 N–H and O–H groups in total. The standard InChI is InChI=1S/C35H54O3.C2H6.CH4O/c1-8-10-24(9-2)22-38-31(37)35-18-14-27-25(28(35)21-32(4,5)19-20-35)11-12-30-33(6)17-15-29(36)23(3)26(33)13-16-34(27,30)7;2*1-2/h8-11,23,26-30,36H,12-22H2,1-7H3;1-2H3;2H,1H3/b10-8-,24-9+;;/t23?,26?,27?,28-,29-,30?,33-,34-,35+;;/m0../s1. The smallest absolute Gasteiger partial charge is 0.313 e. The highest BCUT2D eigenvalue weighted by atomic mass is 16.5. The van der Waals surface area contributed by atoms with Crippen LogP contribution in [0.25, 0.3) is 0 Å². The molecule has 5 rings (SSSR count). The number of hydrogen-bond acceptors (Lipinski definition) is 4. The van der Waals surface area contributed by atoms with Crippen LogP contribution in [0.3, 0.4) is 0 Å². The SMILES string of the molecule is C/C=C\C(=C/C)COC(=O)[C@@]12CCC3C(=CCC4[C@@]3(C)CCC3C(C)[C@@H](O)CC[C@@]34C)[C@@H]1CC(C)(C)CC2.CC.CO. The minimum Gasteiger partial charge on any atom is -0.460 e. The van der Waals surface area contributed by atoms with E-state index in [1.165, 1.54) is 12.8 Å². The lowest BCUT2D eigenvalue weighted by molar-refractivity contribution is -0.174. The summed E-state index contributed by atoms with van der Waals surface area (Å²) in [5.74, 6) is 2.65. The Kier molecular flexibility index (Phi) is 11.5. The second-order valence-corrected chi connectivity index (χ2v) is 15.2. The van der Waals surface area contributed by atoms with Gasteiger partial charge in [-0.1, -0.05) is 78.3 Å². The molecule has 0 aromatic heterocycles. The van der Waals surface area contributed by atoms with Gasteiger partial charge in [-0.25, -0.2) is 0 Å². The minimum absolute atomic E-state index is 0.0549. The zero-order valence-electron chi connectivity index (χ0n) is 28.8. The third-order valence-electron chi connectivity index (χ3n) is 12.9. The molecule has 0 radical (unpaired) electrons. The Bertz CT molecular complexity index is 1020. The molecule has 5 aliphatic carbocycles. The Morgan fingerprint density at radius 3 is 2.26 bits per heavy atom. The largest absolute Gasteiger partial charge is 0.460 e. The van der Waals surface area contributed by atoms with Crippen LogP contribution in [0.4, 0.5) is 0 Å². The molecule has 0 heterocycles. The van der Waals surface area contributed by atoms with Gasteiger partial charge in [0, 0.05) is 7.11 Å². The number of allylic oxidation sites excluding steroid dienone is 4. The van der Waals surface area contributed by atoms with Crippen molar-refractivity contribution in [3.63, 3.8) is 0 Å². The van der Waals surface area contributed by atoms with E-state index in [2.05, 4.69) is 52.8 Å². The average molecular weight is 585 g/mol. The second-order valence-electron chi connectivity index (χ2n) is 15.2. The van der Waals surface area contributed by atoms with Crippen molar-refractivity contribution in [3.05, 3.63) is 35.5 Å². The van der Waals surface area contributed by atoms with E-state index in [4.69, 9.17) is 9.84 Å². The first-order chi connectivity index (χ1) is 19.9. The fourth-order valence-electron chi connectivity index (χ4n) is 10.6. The molecular formula is C38H64O4. The van der Waals surface area contributed by atoms with Crippen molar-refractivity contribution in [3.8, 4) is 0 Å². The predicted molar refractivity (Wildman–Crippen MR) is 175 cm³/mol. The van der Waals surface area contributed by atoms with E-state index in [0.29, 0.717) is 47.0 Å². The maximum atomic E-state index is 14.0. The fraction of sp³-hybridized carbons (Fsp3) is 0.816. The van der Waals surface area contributed by atoms with Crippen LogP contribution < -0.4 is 0 Å². The highest BCUT2D eigenvalue weighted by Gasteiger charge is 2.64. The Morgan fingerprint density at radius 2 is 1.62 bits per heavy atom. The first-order valence-electron chi connectivity index (χ1n) is 17.2. The molecule has 5 aliphatic rings. The van der Waals surface area contributed by atoms with Gasteiger partial charge in [-0.3, -0.25) is 4.79 Å². The molecule has 0 aromatic rings. The number of rotatable bonds is 4. The van der Waals surface area contributed by atoms with E-state index in [1.54, 1.807) is 5.57 Å². The third kappa shape index (κ3) is 5.97. The van der Waals surface area contributed by atoms with Crippen LogP contribution in [0.15, 0.2) is 35.5 Å². The minimum atomic E-state index is -0.361. The van der Waals surface area contributed by atoms with Crippen molar-refractivity contribution in [2.24, 2.45) is 51.2 Å². The number of carbonyl (C=O) groups excluding carboxylic acids is 1. The first-order valence-corrected chi connectivity index (χ1v) is 17.2. The van der Waals surface area contributed by atoms with Gasteiger partial charge in [0.25, 0.3) is 0 Å². The number of hydrogen-bond donors (Lipinski definition) is 2. The van der Waals surface area contributed by atoms with Crippen molar-refractivity contribution in [1.82, 2.24) is 0 Å². The number of esters is 1. The Labute approximate surface area is 258 Å². The third-order valence-corrected chi connectivity index (χ3v) is 12.9. The topological polar surface area (TPSA) is 66.8 Å². The molecule has 0 aliphatic heterocycles. The summed E-state index contributed by atoms with van der Waals surface area (Å²) in [5, 5.41) is 17.7. The number of aliphatic hydroxyl groups is 2. The normalized spacial score (nSPS) is 42.2. The quantitative estimate of drug-likeness (QED) is 0.196. The summed E-state index contributed by atoms with van der Waals surface area (Å²) in [7, 11) is 1.00. The fourth-order valence-corrected chi connectivity index (χ4v) is 10.6. The van der Waals surface area contributed by atoms with E-state index < -0.39 is 0 Å². The molecule has 4 unspecified atom stereocenters. The van der Waals surface area contributed by atoms with Crippen molar-refractivity contribution in [1.29, 1.82) is 0 Å². The zero-order chi connectivity index (χ0) is 31.5. The Morgan fingerprint density at radius 1 is 0.952 bits per heavy atom. The molecule has 4 saturated carbocycles. The highest BCUT2D eigenvalue weighted by molar-refractivity contribution is 5.79. The maximum absolute atomic E-state index is 14.0. The molecular weight excluding hydrogens is 520 g/mol. The predicted octanol–water partition coefficient (Wildman–Crippen LogP) is 9.07. The van der Waals surface area contributed by atoms with Crippen molar-refractivity contribution in [2.75, 3.05) is 13.7 Å². The molecule has 9 atom stereocenters. The first kappa shape index (κ1) is 35.1. The van der Waals surface area contributed by atoms with Gasteiger partial charge in [0.05, 0.1) is 11.5 Å². The molecule has 4 fully saturated rings. The Balaban J connectivity index is 0.00000116. The van der Waals surface area contributed by atoms with Gasteiger partial charge in [0.15, 0.2) is 0 Å². The summed E-state index contributed by atoms with van der Waals surface area (Å²) in [6.45, 7) is 20.7. The van der Waals surface area contributed by atoms with Gasteiger partial charge in [-0.15, -0.1) is 0 Å². The summed E-state index contributed by atoms with van der Waals surface area (Å²) >= 11 is 0. The summed E-state index contributed by atoms with van der Waals surface area (Å²) in [6, 6.07) is 0. The van der Waals surface area contributed by atoms with E-state index in [1.807, 2.05) is 33.8 Å². The van der Waals surface area contributed by atoms with Crippen LogP contribution in [0.1, 0.15) is 127 Å². The van der Waals surface area contributed by atoms with Gasteiger partial charge in [0.1, 0.15) is 6.61 Å². The molecule has 42 heavy (non-hydrogen) atoms. The molecule has 0 spiro atoms. The number of ether oxygens (including phenoxy) is 1. The molecule has 4 heteroatoms. The van der Waals surface area contributed by atoms with Crippen LogP contribution in [0.2, 0.25) is 0 Å². The van der Waals surface area contributed by atoms with Crippen LogP contribution in [0, 0.1) is 51.2 Å². The zero-order valence-corrected chi connectivity index (χ0v) is 28.8. The molecule has 0 aromatic carbocycles. The molecule has 240 valence electrons. The molecule has 0 bridgehead atoms. The molecule has 4 nitrogen and oxygen atoms in total. The van der Waals surface area contributed by atoms with E-state index in [0.717, 1.165) is 64.0 Å².